The molecule has 1 aliphatic heterocycles. The maximum atomic E-state index is 13.7. The molecular weight excluding hydrogens is 429 g/mol. The van der Waals surface area contributed by atoms with Gasteiger partial charge < -0.3 is 10.2 Å². The van der Waals surface area contributed by atoms with Gasteiger partial charge in [0.1, 0.15) is 11.4 Å². The van der Waals surface area contributed by atoms with Crippen LogP contribution in [0.1, 0.15) is 35.4 Å². The number of carbonyl (C=O) groups excluding carboxylic acids is 1. The lowest BCUT2D eigenvalue weighted by Gasteiger charge is -2.24. The van der Waals surface area contributed by atoms with Crippen LogP contribution in [0.5, 0.6) is 0 Å². The summed E-state index contributed by atoms with van der Waals surface area (Å²) in [6.45, 7) is -0.177. The third kappa shape index (κ3) is 5.35. The lowest BCUT2D eigenvalue weighted by Crippen LogP contribution is -2.30. The molecule has 0 atom stereocenters. The first-order valence-corrected chi connectivity index (χ1v) is 10.2. The zero-order valence-corrected chi connectivity index (χ0v) is 16.7. The van der Waals surface area contributed by atoms with Gasteiger partial charge in [0.15, 0.2) is 0 Å². The number of amides is 1. The molecule has 0 aliphatic carbocycles. The van der Waals surface area contributed by atoms with Crippen LogP contribution in [-0.4, -0.2) is 46.1 Å². The molecule has 1 N–H and O–H groups in total. The number of aromatic nitrogens is 3. The topological polar surface area (TPSA) is 71.0 Å². The summed E-state index contributed by atoms with van der Waals surface area (Å²) in [4.78, 5) is 24.9. The fourth-order valence-electron chi connectivity index (χ4n) is 2.98. The molecule has 1 saturated heterocycles. The van der Waals surface area contributed by atoms with E-state index in [0.29, 0.717) is 10.7 Å². The molecule has 3 rings (SSSR count). The molecule has 2 aromatic heterocycles. The Morgan fingerprint density at radius 2 is 2.00 bits per heavy atom. The monoisotopic (exact) mass is 447 g/mol. The molecule has 1 aliphatic rings. The normalized spacial score (nSPS) is 16.8. The Morgan fingerprint density at radius 1 is 1.23 bits per heavy atom. The van der Waals surface area contributed by atoms with Crippen LogP contribution in [0.3, 0.4) is 0 Å². The second kappa shape index (κ2) is 8.70. The standard InChI is InChI=1S/C18H18F5N5OS/c1-30-13-9-11(3-6-24-13)26-15(29)12-10-25-16(18(21,22)23)27-14(12)28-7-2-4-17(19,20)5-8-28/h3,6,9-10H,2,4-5,7-8H2,1H3,(H,24,26,29). The lowest BCUT2D eigenvalue weighted by molar-refractivity contribution is -0.144. The van der Waals surface area contributed by atoms with E-state index < -0.39 is 30.3 Å². The number of thioether (sulfide) groups is 1. The Morgan fingerprint density at radius 3 is 2.70 bits per heavy atom. The van der Waals surface area contributed by atoms with Crippen molar-refractivity contribution in [2.45, 2.75) is 36.4 Å². The van der Waals surface area contributed by atoms with E-state index in [1.807, 2.05) is 0 Å². The van der Waals surface area contributed by atoms with Crippen LogP contribution in [0.25, 0.3) is 0 Å². The second-order valence-corrected chi connectivity index (χ2v) is 7.49. The Bertz CT molecular complexity index is 924. The zero-order valence-electron chi connectivity index (χ0n) is 15.8. The van der Waals surface area contributed by atoms with Crippen molar-refractivity contribution >= 4 is 29.2 Å². The van der Waals surface area contributed by atoms with Crippen LogP contribution in [-0.2, 0) is 6.18 Å². The van der Waals surface area contributed by atoms with Crippen LogP contribution in [0.2, 0.25) is 0 Å². The highest BCUT2D eigenvalue weighted by molar-refractivity contribution is 7.98. The number of hydrogen-bond donors (Lipinski definition) is 1. The molecule has 0 aromatic carbocycles. The van der Waals surface area contributed by atoms with Crippen molar-refractivity contribution in [1.82, 2.24) is 15.0 Å². The molecule has 3 heterocycles. The molecule has 0 unspecified atom stereocenters. The van der Waals surface area contributed by atoms with Crippen molar-refractivity contribution < 1.29 is 26.7 Å². The Hall–Kier alpha value is -2.50. The van der Waals surface area contributed by atoms with E-state index >= 15 is 0 Å². The van der Waals surface area contributed by atoms with E-state index in [9.17, 15) is 26.7 Å². The summed E-state index contributed by atoms with van der Waals surface area (Å²) in [6.07, 6.45) is -1.65. The largest absolute Gasteiger partial charge is 0.451 e. The summed E-state index contributed by atoms with van der Waals surface area (Å²) in [5.41, 5.74) is 0.156. The Balaban J connectivity index is 1.95. The van der Waals surface area contributed by atoms with Crippen LogP contribution in [0.15, 0.2) is 29.6 Å². The van der Waals surface area contributed by atoms with Crippen molar-refractivity contribution in [2.75, 3.05) is 29.6 Å². The lowest BCUT2D eigenvalue weighted by atomic mass is 10.1. The van der Waals surface area contributed by atoms with E-state index in [-0.39, 0.29) is 37.3 Å². The van der Waals surface area contributed by atoms with E-state index in [1.165, 1.54) is 28.9 Å². The van der Waals surface area contributed by atoms with Gasteiger partial charge in [-0.05, 0) is 24.8 Å². The maximum Gasteiger partial charge on any atom is 0.451 e. The van der Waals surface area contributed by atoms with Crippen molar-refractivity contribution in [3.63, 3.8) is 0 Å². The number of alkyl halides is 5. The summed E-state index contributed by atoms with van der Waals surface area (Å²) in [6, 6.07) is 3.12. The van der Waals surface area contributed by atoms with E-state index in [2.05, 4.69) is 20.3 Å². The van der Waals surface area contributed by atoms with Crippen LogP contribution in [0.4, 0.5) is 33.5 Å². The average Bonchev–Trinajstić information content (AvgIpc) is 2.87. The summed E-state index contributed by atoms with van der Waals surface area (Å²) in [5, 5.41) is 3.21. The minimum Gasteiger partial charge on any atom is -0.356 e. The number of nitrogens with one attached hydrogen (secondary N) is 1. The summed E-state index contributed by atoms with van der Waals surface area (Å²) in [7, 11) is 0. The van der Waals surface area contributed by atoms with Crippen molar-refractivity contribution in [1.29, 1.82) is 0 Å². The van der Waals surface area contributed by atoms with E-state index in [4.69, 9.17) is 0 Å². The summed E-state index contributed by atoms with van der Waals surface area (Å²) >= 11 is 1.35. The molecule has 0 radical (unpaired) electrons. The molecule has 0 bridgehead atoms. The van der Waals surface area contributed by atoms with Crippen LogP contribution in [0, 0.1) is 0 Å². The maximum absolute atomic E-state index is 13.7. The van der Waals surface area contributed by atoms with Gasteiger partial charge in [0.05, 0.1) is 5.03 Å². The van der Waals surface area contributed by atoms with Crippen molar-refractivity contribution in [2.24, 2.45) is 0 Å². The van der Waals surface area contributed by atoms with Gasteiger partial charge in [-0.25, -0.2) is 23.7 Å². The number of halogens is 5. The number of anilines is 2. The van der Waals surface area contributed by atoms with Gasteiger partial charge in [0, 0.05) is 44.0 Å². The number of carbonyl (C=O) groups is 1. The van der Waals surface area contributed by atoms with Gasteiger partial charge in [-0.2, -0.15) is 13.2 Å². The predicted octanol–water partition coefficient (Wildman–Crippen LogP) is 4.49. The fourth-order valence-corrected chi connectivity index (χ4v) is 3.39. The molecule has 30 heavy (non-hydrogen) atoms. The quantitative estimate of drug-likeness (QED) is 0.550. The highest BCUT2D eigenvalue weighted by atomic mass is 32.2. The average molecular weight is 447 g/mol. The molecule has 0 spiro atoms. The first kappa shape index (κ1) is 22.2. The molecule has 2 aromatic rings. The van der Waals surface area contributed by atoms with Crippen LogP contribution >= 0.6 is 11.8 Å². The van der Waals surface area contributed by atoms with Gasteiger partial charge in [-0.1, -0.05) is 0 Å². The fraction of sp³-hybridized carbons (Fsp3) is 0.444. The molecule has 0 saturated carbocycles. The predicted molar refractivity (Wildman–Crippen MR) is 102 cm³/mol. The van der Waals surface area contributed by atoms with Gasteiger partial charge in [0.25, 0.3) is 5.91 Å². The third-order valence-electron chi connectivity index (χ3n) is 4.49. The van der Waals surface area contributed by atoms with E-state index in [1.54, 1.807) is 12.3 Å². The van der Waals surface area contributed by atoms with Gasteiger partial charge >= 0.3 is 6.18 Å². The number of hydrogen-bond acceptors (Lipinski definition) is 6. The molecule has 1 amide bonds. The molecule has 162 valence electrons. The van der Waals surface area contributed by atoms with Gasteiger partial charge in [-0.3, -0.25) is 4.79 Å². The van der Waals surface area contributed by atoms with E-state index in [0.717, 1.165) is 6.20 Å². The second-order valence-electron chi connectivity index (χ2n) is 6.67. The third-order valence-corrected chi connectivity index (χ3v) is 5.13. The Kier molecular flexibility index (Phi) is 6.44. The molecule has 12 heteroatoms. The first-order valence-electron chi connectivity index (χ1n) is 8.97. The Labute approximate surface area is 173 Å². The van der Waals surface area contributed by atoms with Crippen molar-refractivity contribution in [3.8, 4) is 0 Å². The van der Waals surface area contributed by atoms with Crippen LogP contribution < -0.4 is 10.2 Å². The minimum absolute atomic E-state index is 0.0516. The highest BCUT2D eigenvalue weighted by Gasteiger charge is 2.38. The van der Waals surface area contributed by atoms with Gasteiger partial charge in [0.2, 0.25) is 11.7 Å². The summed E-state index contributed by atoms with van der Waals surface area (Å²) < 4.78 is 66.8. The summed E-state index contributed by atoms with van der Waals surface area (Å²) in [5.74, 6) is -5.40. The molecule has 6 nitrogen and oxygen atoms in total. The molecular formula is C18H18F5N5OS. The number of rotatable bonds is 4. The number of nitrogens with zero attached hydrogens (tertiary/aromatic N) is 4. The van der Waals surface area contributed by atoms with Gasteiger partial charge in [-0.15, -0.1) is 11.8 Å². The first-order chi connectivity index (χ1) is 14.1. The smallest absolute Gasteiger partial charge is 0.356 e. The van der Waals surface area contributed by atoms with Crippen molar-refractivity contribution in [3.05, 3.63) is 35.9 Å². The minimum atomic E-state index is -4.84. The zero-order chi connectivity index (χ0) is 21.9. The SMILES string of the molecule is CSc1cc(NC(=O)c2cnc(C(F)(F)F)nc2N2CCCC(F)(F)CC2)ccn1. The number of pyridine rings is 1. The highest BCUT2D eigenvalue weighted by Crippen LogP contribution is 2.33. The molecule has 1 fully saturated rings.